The average Bonchev–Trinajstić information content (AvgIpc) is 2.63. The van der Waals surface area contributed by atoms with Gasteiger partial charge in [-0.05, 0) is 20.0 Å². The number of aromatic nitrogens is 1. The molecule has 0 aliphatic heterocycles. The first kappa shape index (κ1) is 12.6. The fourth-order valence-electron chi connectivity index (χ4n) is 1.28. The third kappa shape index (κ3) is 4.28. The minimum Gasteiger partial charge on any atom is -0.318 e. The molecule has 3 nitrogen and oxygen atoms in total. The van der Waals surface area contributed by atoms with Crippen LogP contribution in [-0.4, -0.2) is 37.1 Å². The first-order valence-corrected chi connectivity index (χ1v) is 6.23. The van der Waals surface area contributed by atoms with Crippen molar-refractivity contribution in [1.82, 2.24) is 15.2 Å². The number of hydrogen-bond acceptors (Lipinski definition) is 4. The van der Waals surface area contributed by atoms with Gasteiger partial charge in [0.15, 0.2) is 0 Å². The summed E-state index contributed by atoms with van der Waals surface area (Å²) < 4.78 is 0. The van der Waals surface area contributed by atoms with Gasteiger partial charge in [0.1, 0.15) is 5.01 Å². The summed E-state index contributed by atoms with van der Waals surface area (Å²) in [5, 5.41) is 4.37. The van der Waals surface area contributed by atoms with E-state index in [1.165, 1.54) is 9.88 Å². The van der Waals surface area contributed by atoms with Crippen LogP contribution in [0.5, 0.6) is 0 Å². The highest BCUT2D eigenvalue weighted by Gasteiger charge is 2.07. The van der Waals surface area contributed by atoms with Crippen LogP contribution in [0.2, 0.25) is 0 Å². The van der Waals surface area contributed by atoms with Crippen LogP contribution in [0.4, 0.5) is 0 Å². The Morgan fingerprint density at radius 1 is 1.53 bits per heavy atom. The summed E-state index contributed by atoms with van der Waals surface area (Å²) in [6.45, 7) is 7.47. The van der Waals surface area contributed by atoms with Crippen molar-refractivity contribution in [2.45, 2.75) is 26.3 Å². The van der Waals surface area contributed by atoms with E-state index >= 15 is 0 Å². The van der Waals surface area contributed by atoms with Crippen LogP contribution in [0.25, 0.3) is 0 Å². The number of hydrogen-bond donors (Lipinski definition) is 1. The SMILES string of the molecule is CNCCN(C)Cc1ncc(C(C)C)s1. The van der Waals surface area contributed by atoms with Crippen LogP contribution in [0.15, 0.2) is 6.20 Å². The van der Waals surface area contributed by atoms with Gasteiger partial charge in [0.05, 0.1) is 6.54 Å². The Kier molecular flexibility index (Phi) is 5.22. The molecule has 1 N–H and O–H groups in total. The lowest BCUT2D eigenvalue weighted by Gasteiger charge is -2.14. The Hall–Kier alpha value is -0.450. The van der Waals surface area contributed by atoms with Gasteiger partial charge in [-0.15, -0.1) is 11.3 Å². The minimum absolute atomic E-state index is 0.596. The highest BCUT2D eigenvalue weighted by atomic mass is 32.1. The molecule has 1 heterocycles. The van der Waals surface area contributed by atoms with Crippen molar-refractivity contribution in [3.05, 3.63) is 16.1 Å². The monoisotopic (exact) mass is 227 g/mol. The van der Waals surface area contributed by atoms with Crippen LogP contribution in [-0.2, 0) is 6.54 Å². The molecule has 4 heteroatoms. The Balaban J connectivity index is 2.42. The van der Waals surface area contributed by atoms with Gasteiger partial charge in [-0.3, -0.25) is 4.90 Å². The third-order valence-corrected chi connectivity index (χ3v) is 3.57. The van der Waals surface area contributed by atoms with Gasteiger partial charge in [0.25, 0.3) is 0 Å². The Morgan fingerprint density at radius 3 is 2.80 bits per heavy atom. The fraction of sp³-hybridized carbons (Fsp3) is 0.727. The third-order valence-electron chi connectivity index (χ3n) is 2.29. The molecule has 0 saturated heterocycles. The van der Waals surface area contributed by atoms with Crippen molar-refractivity contribution in [3.63, 3.8) is 0 Å². The molecule has 0 bridgehead atoms. The zero-order valence-corrected chi connectivity index (χ0v) is 10.9. The van der Waals surface area contributed by atoms with Gasteiger partial charge in [-0.2, -0.15) is 0 Å². The standard InChI is InChI=1S/C11H21N3S/c1-9(2)10-7-13-11(15-10)8-14(4)6-5-12-3/h7,9,12H,5-6,8H2,1-4H3. The second-order valence-corrected chi connectivity index (χ2v) is 5.30. The van der Waals surface area contributed by atoms with Gasteiger partial charge >= 0.3 is 0 Å². The molecule has 0 fully saturated rings. The fourth-order valence-corrected chi connectivity index (χ4v) is 2.28. The van der Waals surface area contributed by atoms with Crippen LogP contribution >= 0.6 is 11.3 Å². The molecule has 0 aromatic carbocycles. The average molecular weight is 227 g/mol. The van der Waals surface area contributed by atoms with Gasteiger partial charge in [-0.1, -0.05) is 13.8 Å². The lowest BCUT2D eigenvalue weighted by atomic mass is 10.2. The second kappa shape index (κ2) is 6.20. The maximum Gasteiger partial charge on any atom is 0.107 e. The molecule has 0 amide bonds. The molecule has 1 rings (SSSR count). The molecule has 0 spiro atoms. The van der Waals surface area contributed by atoms with Crippen LogP contribution in [0, 0.1) is 0 Å². The Morgan fingerprint density at radius 2 is 2.27 bits per heavy atom. The van der Waals surface area contributed by atoms with Crippen LogP contribution in [0.1, 0.15) is 29.7 Å². The molecule has 0 aliphatic rings. The number of thiazole rings is 1. The molecule has 1 aromatic rings. The topological polar surface area (TPSA) is 28.2 Å². The van der Waals surface area contributed by atoms with Crippen molar-refractivity contribution in [3.8, 4) is 0 Å². The van der Waals surface area contributed by atoms with E-state index in [2.05, 4.69) is 36.1 Å². The maximum absolute atomic E-state index is 4.44. The Bertz CT molecular complexity index is 283. The van der Waals surface area contributed by atoms with Gasteiger partial charge in [0, 0.05) is 24.2 Å². The molecular weight excluding hydrogens is 206 g/mol. The van der Waals surface area contributed by atoms with Crippen LogP contribution < -0.4 is 5.32 Å². The molecule has 0 atom stereocenters. The first-order chi connectivity index (χ1) is 7.13. The van der Waals surface area contributed by atoms with E-state index in [4.69, 9.17) is 0 Å². The number of nitrogens with zero attached hydrogens (tertiary/aromatic N) is 2. The van der Waals surface area contributed by atoms with E-state index < -0.39 is 0 Å². The van der Waals surface area contributed by atoms with Crippen molar-refractivity contribution in [2.75, 3.05) is 27.2 Å². The molecule has 0 aliphatic carbocycles. The quantitative estimate of drug-likeness (QED) is 0.805. The maximum atomic E-state index is 4.44. The molecule has 0 unspecified atom stereocenters. The van der Waals surface area contributed by atoms with Gasteiger partial charge < -0.3 is 5.32 Å². The van der Waals surface area contributed by atoms with E-state index in [1.54, 1.807) is 0 Å². The Labute approximate surface area is 96.5 Å². The number of likely N-dealkylation sites (N-methyl/N-ethyl adjacent to an activating group) is 2. The summed E-state index contributed by atoms with van der Waals surface area (Å²) in [6.07, 6.45) is 2.01. The molecule has 0 saturated carbocycles. The molecule has 1 aromatic heterocycles. The molecule has 0 radical (unpaired) electrons. The highest BCUT2D eigenvalue weighted by molar-refractivity contribution is 7.11. The summed E-state index contributed by atoms with van der Waals surface area (Å²) in [5.41, 5.74) is 0. The largest absolute Gasteiger partial charge is 0.318 e. The van der Waals surface area contributed by atoms with Crippen molar-refractivity contribution in [1.29, 1.82) is 0 Å². The van der Waals surface area contributed by atoms with E-state index in [0.29, 0.717) is 5.92 Å². The molecule has 86 valence electrons. The summed E-state index contributed by atoms with van der Waals surface area (Å²) in [5.74, 6) is 0.596. The van der Waals surface area contributed by atoms with Crippen molar-refractivity contribution < 1.29 is 0 Å². The van der Waals surface area contributed by atoms with E-state index in [9.17, 15) is 0 Å². The zero-order valence-electron chi connectivity index (χ0n) is 10.1. The normalized spacial score (nSPS) is 11.6. The summed E-state index contributed by atoms with van der Waals surface area (Å²) in [4.78, 5) is 8.11. The predicted octanol–water partition coefficient (Wildman–Crippen LogP) is 1.92. The summed E-state index contributed by atoms with van der Waals surface area (Å²) in [7, 11) is 4.11. The minimum atomic E-state index is 0.596. The van der Waals surface area contributed by atoms with Crippen molar-refractivity contribution >= 4 is 11.3 Å². The van der Waals surface area contributed by atoms with E-state index in [1.807, 2.05) is 24.6 Å². The predicted molar refractivity (Wildman–Crippen MR) is 66.5 cm³/mol. The highest BCUT2D eigenvalue weighted by Crippen LogP contribution is 2.22. The van der Waals surface area contributed by atoms with E-state index in [-0.39, 0.29) is 0 Å². The lowest BCUT2D eigenvalue weighted by Crippen LogP contribution is -2.26. The molecule has 15 heavy (non-hydrogen) atoms. The first-order valence-electron chi connectivity index (χ1n) is 5.41. The second-order valence-electron chi connectivity index (χ2n) is 4.15. The summed E-state index contributed by atoms with van der Waals surface area (Å²) in [6, 6.07) is 0. The zero-order chi connectivity index (χ0) is 11.3. The van der Waals surface area contributed by atoms with Crippen LogP contribution in [0.3, 0.4) is 0 Å². The van der Waals surface area contributed by atoms with Gasteiger partial charge in [-0.25, -0.2) is 4.98 Å². The van der Waals surface area contributed by atoms with Gasteiger partial charge in [0.2, 0.25) is 0 Å². The number of rotatable bonds is 6. The number of nitrogens with one attached hydrogen (secondary N) is 1. The lowest BCUT2D eigenvalue weighted by molar-refractivity contribution is 0.327. The van der Waals surface area contributed by atoms with Crippen molar-refractivity contribution in [2.24, 2.45) is 0 Å². The van der Waals surface area contributed by atoms with E-state index in [0.717, 1.165) is 19.6 Å². The smallest absolute Gasteiger partial charge is 0.107 e. The summed E-state index contributed by atoms with van der Waals surface area (Å²) >= 11 is 1.83. The molecular formula is C11H21N3S.